The van der Waals surface area contributed by atoms with Gasteiger partial charge < -0.3 is 15.4 Å². The van der Waals surface area contributed by atoms with Crippen molar-refractivity contribution in [3.63, 3.8) is 0 Å². The molecule has 25 heavy (non-hydrogen) atoms. The number of nitrogens with zero attached hydrogens (tertiary/aromatic N) is 2. The van der Waals surface area contributed by atoms with Gasteiger partial charge in [0.25, 0.3) is 0 Å². The Labute approximate surface area is 142 Å². The van der Waals surface area contributed by atoms with Crippen molar-refractivity contribution in [3.05, 3.63) is 48.0 Å². The zero-order chi connectivity index (χ0) is 18.2. The van der Waals surface area contributed by atoms with E-state index in [1.54, 1.807) is 10.8 Å². The number of rotatable bonds is 6. The summed E-state index contributed by atoms with van der Waals surface area (Å²) in [4.78, 5) is 16.0. The molecule has 3 rings (SSSR count). The maximum Gasteiger partial charge on any atom is 0.416 e. The lowest BCUT2D eigenvalue weighted by Gasteiger charge is -2.10. The van der Waals surface area contributed by atoms with Crippen LogP contribution < -0.4 is 5.73 Å². The van der Waals surface area contributed by atoms with Gasteiger partial charge in [0.2, 0.25) is 0 Å². The van der Waals surface area contributed by atoms with Gasteiger partial charge in [0, 0.05) is 11.9 Å². The highest BCUT2D eigenvalue weighted by Crippen LogP contribution is 2.56. The molecule has 8 heteroatoms. The Hall–Kier alpha value is -2.35. The summed E-state index contributed by atoms with van der Waals surface area (Å²) in [6.07, 6.45) is 0.595. The molecule has 0 spiro atoms. The van der Waals surface area contributed by atoms with E-state index in [9.17, 15) is 23.1 Å². The van der Waals surface area contributed by atoms with Crippen molar-refractivity contribution in [2.24, 2.45) is 11.7 Å². The van der Waals surface area contributed by atoms with Crippen molar-refractivity contribution in [1.29, 1.82) is 0 Å². The second kappa shape index (κ2) is 6.18. The summed E-state index contributed by atoms with van der Waals surface area (Å²) in [6, 6.07) is 4.65. The molecule has 0 aliphatic heterocycles. The fourth-order valence-electron chi connectivity index (χ4n) is 3.24. The molecule has 134 valence electrons. The number of carboxylic acid groups (broad SMARTS) is 1. The van der Waals surface area contributed by atoms with Gasteiger partial charge in [0.15, 0.2) is 0 Å². The molecule has 0 saturated heterocycles. The molecule has 1 aliphatic rings. The number of carbonyl (C=O) groups is 1. The first kappa shape index (κ1) is 17.5. The van der Waals surface area contributed by atoms with E-state index in [2.05, 4.69) is 4.98 Å². The van der Waals surface area contributed by atoms with Gasteiger partial charge >= 0.3 is 12.1 Å². The fourth-order valence-corrected chi connectivity index (χ4v) is 3.24. The highest BCUT2D eigenvalue weighted by molar-refractivity contribution is 5.85. The molecule has 1 aliphatic carbocycles. The van der Waals surface area contributed by atoms with E-state index in [1.807, 2.05) is 0 Å². The molecule has 2 atom stereocenters. The van der Waals surface area contributed by atoms with E-state index < -0.39 is 23.1 Å². The van der Waals surface area contributed by atoms with Gasteiger partial charge in [-0.05, 0) is 56.0 Å². The zero-order valence-corrected chi connectivity index (χ0v) is 13.3. The predicted molar refractivity (Wildman–Crippen MR) is 84.3 cm³/mol. The summed E-state index contributed by atoms with van der Waals surface area (Å²) < 4.78 is 39.4. The van der Waals surface area contributed by atoms with Crippen molar-refractivity contribution in [2.45, 2.75) is 30.9 Å². The second-order valence-corrected chi connectivity index (χ2v) is 6.32. The monoisotopic (exact) mass is 353 g/mol. The minimum absolute atomic E-state index is 0.00972. The molecule has 0 unspecified atom stereocenters. The number of aromatic nitrogens is 2. The van der Waals surface area contributed by atoms with E-state index in [0.717, 1.165) is 25.0 Å². The molecule has 1 heterocycles. The number of hydrogen-bond donors (Lipinski definition) is 2. The number of halogens is 3. The Bertz CT molecular complexity index is 770. The molecule has 1 fully saturated rings. The normalized spacial score (nSPS) is 22.8. The second-order valence-electron chi connectivity index (χ2n) is 6.32. The first-order valence-corrected chi connectivity index (χ1v) is 7.94. The van der Waals surface area contributed by atoms with Gasteiger partial charge in [-0.25, -0.2) is 4.98 Å². The van der Waals surface area contributed by atoms with Crippen LogP contribution in [-0.4, -0.2) is 27.2 Å². The minimum atomic E-state index is -4.39. The summed E-state index contributed by atoms with van der Waals surface area (Å²) in [7, 11) is 0. The average Bonchev–Trinajstić information content (AvgIpc) is 3.09. The van der Waals surface area contributed by atoms with E-state index in [4.69, 9.17) is 5.73 Å². The van der Waals surface area contributed by atoms with Gasteiger partial charge in [-0.15, -0.1) is 0 Å². The van der Waals surface area contributed by atoms with Gasteiger partial charge in [-0.3, -0.25) is 4.79 Å². The Balaban J connectivity index is 1.84. The van der Waals surface area contributed by atoms with Crippen LogP contribution in [0.15, 0.2) is 36.8 Å². The SMILES string of the molecule is NCCC[C@H]1C[C@]1(C(=O)O)c1cn(-c2ccc(C(F)(F)F)cc2)cn1. The van der Waals surface area contributed by atoms with Crippen molar-refractivity contribution in [1.82, 2.24) is 9.55 Å². The number of alkyl halides is 3. The molecule has 1 saturated carbocycles. The number of hydrogen-bond acceptors (Lipinski definition) is 3. The fraction of sp³-hybridized carbons (Fsp3) is 0.412. The number of benzene rings is 1. The van der Waals surface area contributed by atoms with Crippen LogP contribution in [0.2, 0.25) is 0 Å². The number of aliphatic carboxylic acids is 1. The highest BCUT2D eigenvalue weighted by Gasteiger charge is 2.62. The Kier molecular flexibility index (Phi) is 4.32. The topological polar surface area (TPSA) is 81.1 Å². The van der Waals surface area contributed by atoms with Gasteiger partial charge in [0.1, 0.15) is 5.41 Å². The average molecular weight is 353 g/mol. The predicted octanol–water partition coefficient (Wildman–Crippen LogP) is 2.97. The number of nitrogens with two attached hydrogens (primary N) is 1. The zero-order valence-electron chi connectivity index (χ0n) is 13.3. The van der Waals surface area contributed by atoms with Gasteiger partial charge in [-0.1, -0.05) is 0 Å². The van der Waals surface area contributed by atoms with Crippen LogP contribution in [0.25, 0.3) is 5.69 Å². The van der Waals surface area contributed by atoms with E-state index in [-0.39, 0.29) is 5.92 Å². The summed E-state index contributed by atoms with van der Waals surface area (Å²) in [5.74, 6) is -0.934. The summed E-state index contributed by atoms with van der Waals surface area (Å²) in [5, 5.41) is 9.63. The van der Waals surface area contributed by atoms with E-state index in [0.29, 0.717) is 24.3 Å². The standard InChI is InChI=1S/C17H18F3N3O2/c18-17(19,20)11-3-5-13(6-4-11)23-9-14(22-10-23)16(15(24)25)8-12(16)2-1-7-21/h3-6,9-10,12H,1-2,7-8,21H2,(H,24,25)/t12-,16+/m0/s1. The molecule has 0 radical (unpaired) electrons. The molecular weight excluding hydrogens is 335 g/mol. The quantitative estimate of drug-likeness (QED) is 0.837. The molecule has 5 nitrogen and oxygen atoms in total. The third kappa shape index (κ3) is 3.13. The summed E-state index contributed by atoms with van der Waals surface area (Å²) >= 11 is 0. The van der Waals surface area contributed by atoms with Crippen LogP contribution in [0.1, 0.15) is 30.5 Å². The Morgan fingerprint density at radius 1 is 1.36 bits per heavy atom. The van der Waals surface area contributed by atoms with Gasteiger partial charge in [0.05, 0.1) is 17.6 Å². The lowest BCUT2D eigenvalue weighted by molar-refractivity contribution is -0.140. The van der Waals surface area contributed by atoms with Crippen LogP contribution in [0.5, 0.6) is 0 Å². The molecule has 0 amide bonds. The number of imidazole rings is 1. The van der Waals surface area contributed by atoms with Gasteiger partial charge in [-0.2, -0.15) is 13.2 Å². The maximum absolute atomic E-state index is 12.6. The Morgan fingerprint density at radius 2 is 2.04 bits per heavy atom. The van der Waals surface area contributed by atoms with E-state index >= 15 is 0 Å². The lowest BCUT2D eigenvalue weighted by Crippen LogP contribution is -2.23. The van der Waals surface area contributed by atoms with Crippen LogP contribution in [-0.2, 0) is 16.4 Å². The van der Waals surface area contributed by atoms with Crippen LogP contribution in [0.4, 0.5) is 13.2 Å². The van der Waals surface area contributed by atoms with Crippen molar-refractivity contribution >= 4 is 5.97 Å². The minimum Gasteiger partial charge on any atom is -0.481 e. The summed E-state index contributed by atoms with van der Waals surface area (Å²) in [5.41, 5.74) is 4.67. The van der Waals surface area contributed by atoms with E-state index in [1.165, 1.54) is 18.5 Å². The molecule has 1 aromatic carbocycles. The molecule has 1 aromatic heterocycles. The molecule has 3 N–H and O–H groups in total. The van der Waals surface area contributed by atoms with Crippen molar-refractivity contribution in [2.75, 3.05) is 6.54 Å². The van der Waals surface area contributed by atoms with Crippen LogP contribution in [0.3, 0.4) is 0 Å². The van der Waals surface area contributed by atoms with Crippen LogP contribution in [0, 0.1) is 5.92 Å². The smallest absolute Gasteiger partial charge is 0.416 e. The van der Waals surface area contributed by atoms with Crippen molar-refractivity contribution in [3.8, 4) is 5.69 Å². The number of carboxylic acids is 1. The third-order valence-electron chi connectivity index (χ3n) is 4.78. The lowest BCUT2D eigenvalue weighted by atomic mass is 9.98. The third-order valence-corrected chi connectivity index (χ3v) is 4.78. The molecule has 2 aromatic rings. The first-order valence-electron chi connectivity index (χ1n) is 7.94. The Morgan fingerprint density at radius 3 is 2.60 bits per heavy atom. The first-order chi connectivity index (χ1) is 11.8. The molecular formula is C17H18F3N3O2. The van der Waals surface area contributed by atoms with Crippen LogP contribution >= 0.6 is 0 Å². The molecule has 0 bridgehead atoms. The van der Waals surface area contributed by atoms with Crippen molar-refractivity contribution < 1.29 is 23.1 Å². The summed E-state index contributed by atoms with van der Waals surface area (Å²) in [6.45, 7) is 0.506. The maximum atomic E-state index is 12.6. The highest BCUT2D eigenvalue weighted by atomic mass is 19.4. The largest absolute Gasteiger partial charge is 0.481 e.